The van der Waals surface area contributed by atoms with Crippen LogP contribution in [0, 0.1) is 11.8 Å². The zero-order chi connectivity index (χ0) is 21.1. The van der Waals surface area contributed by atoms with Crippen LogP contribution in [0.5, 0.6) is 11.5 Å². The van der Waals surface area contributed by atoms with Crippen molar-refractivity contribution in [2.45, 2.75) is 42.9 Å². The van der Waals surface area contributed by atoms with Crippen molar-refractivity contribution in [1.82, 2.24) is 4.90 Å². The van der Waals surface area contributed by atoms with Crippen LogP contribution in [-0.2, 0) is 14.9 Å². The molecule has 3 saturated heterocycles. The van der Waals surface area contributed by atoms with Crippen LogP contribution in [0.25, 0.3) is 0 Å². The van der Waals surface area contributed by atoms with Gasteiger partial charge in [0.05, 0.1) is 38.0 Å². The molecule has 0 radical (unpaired) electrons. The molecule has 0 unspecified atom stereocenters. The highest BCUT2D eigenvalue weighted by atomic mass is 16.7. The largest absolute Gasteiger partial charge is 0.511 e. The van der Waals surface area contributed by atoms with E-state index in [-0.39, 0.29) is 35.1 Å². The molecule has 6 atom stereocenters. The quantitative estimate of drug-likeness (QED) is 0.442. The number of carbonyl (C=O) groups excluding carboxylic acids is 1. The number of piperidine rings is 2. The minimum atomic E-state index is -1.37. The minimum absolute atomic E-state index is 0.0223. The number of carbonyl (C=O) groups is 2. The maximum absolute atomic E-state index is 13.5. The van der Waals surface area contributed by atoms with Gasteiger partial charge in [0.1, 0.15) is 0 Å². The van der Waals surface area contributed by atoms with Crippen LogP contribution in [-0.4, -0.2) is 67.1 Å². The maximum atomic E-state index is 13.5. The molecule has 1 aliphatic carbocycles. The third-order valence-corrected chi connectivity index (χ3v) is 8.79. The highest BCUT2D eigenvalue weighted by molar-refractivity contribution is 6.00. The average Bonchev–Trinajstić information content (AvgIpc) is 3.20. The predicted octanol–water partition coefficient (Wildman–Crippen LogP) is 2.16. The topological polar surface area (TPSA) is 88.5 Å². The predicted molar refractivity (Wildman–Crippen MR) is 109 cm³/mol. The van der Waals surface area contributed by atoms with Gasteiger partial charge in [-0.05, 0) is 36.9 Å². The van der Waals surface area contributed by atoms with Crippen LogP contribution in [0.15, 0.2) is 23.8 Å². The van der Waals surface area contributed by atoms with Crippen LogP contribution in [0.3, 0.4) is 0 Å². The molecule has 1 aromatic rings. The molecule has 7 rings (SSSR count). The molecule has 1 N–H and O–H groups in total. The Kier molecular flexibility index (Phi) is 3.38. The van der Waals surface area contributed by atoms with E-state index in [1.54, 1.807) is 6.07 Å². The highest BCUT2D eigenvalue weighted by Crippen LogP contribution is 2.66. The van der Waals surface area contributed by atoms with Crippen LogP contribution < -0.4 is 14.4 Å². The Balaban J connectivity index is 1.49. The van der Waals surface area contributed by atoms with Gasteiger partial charge in [-0.3, -0.25) is 9.69 Å². The SMILES string of the molecule is COc1cc2c(cc1OC(=O)O)[C@@]13CCN4CC5=CCO[C@H]6CC(=O)N2[C@H]1[C@H]6[C@H]5C[C@H]43. The summed E-state index contributed by atoms with van der Waals surface area (Å²) >= 11 is 0. The first-order valence-electron chi connectivity index (χ1n) is 11.0. The van der Waals surface area contributed by atoms with E-state index in [2.05, 4.69) is 11.0 Å². The summed E-state index contributed by atoms with van der Waals surface area (Å²) in [7, 11) is 1.49. The van der Waals surface area contributed by atoms with Crippen LogP contribution in [0.4, 0.5) is 10.5 Å². The number of fused-ring (bicyclic) bond motifs is 2. The summed E-state index contributed by atoms with van der Waals surface area (Å²) in [6.45, 7) is 2.52. The molecule has 5 aliphatic heterocycles. The summed E-state index contributed by atoms with van der Waals surface area (Å²) < 4.78 is 16.8. The number of benzene rings is 1. The summed E-state index contributed by atoms with van der Waals surface area (Å²) in [5.74, 6) is 1.31. The molecular formula is C23H24N2O6. The molecule has 5 heterocycles. The average molecular weight is 424 g/mol. The van der Waals surface area contributed by atoms with Crippen molar-refractivity contribution in [2.75, 3.05) is 31.7 Å². The van der Waals surface area contributed by atoms with Crippen LogP contribution >= 0.6 is 0 Å². The van der Waals surface area contributed by atoms with Crippen LogP contribution in [0.2, 0.25) is 0 Å². The first kappa shape index (κ1) is 18.0. The molecule has 1 amide bonds. The van der Waals surface area contributed by atoms with Crippen molar-refractivity contribution in [3.05, 3.63) is 29.3 Å². The van der Waals surface area contributed by atoms with Gasteiger partial charge < -0.3 is 24.2 Å². The van der Waals surface area contributed by atoms with Crippen molar-refractivity contribution in [1.29, 1.82) is 0 Å². The first-order chi connectivity index (χ1) is 15.0. The zero-order valence-corrected chi connectivity index (χ0v) is 17.2. The Morgan fingerprint density at radius 2 is 2.19 bits per heavy atom. The molecular weight excluding hydrogens is 400 g/mol. The lowest BCUT2D eigenvalue weighted by Gasteiger charge is -2.58. The van der Waals surface area contributed by atoms with E-state index in [1.165, 1.54) is 12.7 Å². The monoisotopic (exact) mass is 424 g/mol. The van der Waals surface area contributed by atoms with E-state index < -0.39 is 6.16 Å². The van der Waals surface area contributed by atoms with Gasteiger partial charge in [-0.15, -0.1) is 0 Å². The fraction of sp³-hybridized carbons (Fsp3) is 0.565. The number of carboxylic acid groups (broad SMARTS) is 1. The summed E-state index contributed by atoms with van der Waals surface area (Å²) in [5.41, 5.74) is 3.13. The van der Waals surface area contributed by atoms with Gasteiger partial charge in [0.2, 0.25) is 5.91 Å². The zero-order valence-electron chi connectivity index (χ0n) is 17.2. The lowest BCUT2D eigenvalue weighted by atomic mass is 9.53. The van der Waals surface area contributed by atoms with Gasteiger partial charge in [0.25, 0.3) is 0 Å². The highest BCUT2D eigenvalue weighted by Gasteiger charge is 2.71. The lowest BCUT2D eigenvalue weighted by molar-refractivity contribution is -0.132. The molecule has 1 aromatic carbocycles. The fourth-order valence-electron chi connectivity index (χ4n) is 7.89. The minimum Gasteiger partial charge on any atom is -0.493 e. The number of hydrogen-bond donors (Lipinski definition) is 1. The molecule has 1 saturated carbocycles. The standard InChI is InChI=1S/C23H24N2O6/c1-29-15-8-14-13(7-16(15)31-22(27)28)23-3-4-24-10-11-2-5-30-17-9-19(26)25(14)21(23)20(17)12(11)6-18(23)24/h2,7-8,12,17-18,20-21H,3-6,9-10H2,1H3,(H,27,28)/t12-,17-,18-,20-,21-,23+/m0/s1. The first-order valence-corrected chi connectivity index (χ1v) is 11.0. The van der Waals surface area contributed by atoms with E-state index in [0.717, 1.165) is 37.2 Å². The molecule has 4 fully saturated rings. The fourth-order valence-corrected chi connectivity index (χ4v) is 7.89. The Labute approximate surface area is 179 Å². The maximum Gasteiger partial charge on any atom is 0.511 e. The van der Waals surface area contributed by atoms with E-state index in [0.29, 0.717) is 30.7 Å². The Bertz CT molecular complexity index is 1070. The van der Waals surface area contributed by atoms with E-state index >= 15 is 0 Å². The molecule has 6 aliphatic rings. The number of rotatable bonds is 2. The van der Waals surface area contributed by atoms with Gasteiger partial charge in [-0.25, -0.2) is 4.79 Å². The van der Waals surface area contributed by atoms with E-state index in [4.69, 9.17) is 14.2 Å². The molecule has 1 spiro atoms. The van der Waals surface area contributed by atoms with Crippen molar-refractivity contribution in [2.24, 2.45) is 11.8 Å². The van der Waals surface area contributed by atoms with Gasteiger partial charge in [-0.2, -0.15) is 0 Å². The normalized spacial score (nSPS) is 39.0. The Hall–Kier alpha value is -2.58. The van der Waals surface area contributed by atoms with Crippen molar-refractivity contribution < 1.29 is 28.9 Å². The molecule has 162 valence electrons. The van der Waals surface area contributed by atoms with Crippen molar-refractivity contribution in [3.8, 4) is 11.5 Å². The number of methoxy groups -OCH3 is 1. The van der Waals surface area contributed by atoms with Crippen LogP contribution in [0.1, 0.15) is 24.8 Å². The Morgan fingerprint density at radius 3 is 3.00 bits per heavy atom. The van der Waals surface area contributed by atoms with Gasteiger partial charge in [0, 0.05) is 30.0 Å². The number of nitrogens with zero attached hydrogens (tertiary/aromatic N) is 2. The van der Waals surface area contributed by atoms with Gasteiger partial charge >= 0.3 is 6.16 Å². The van der Waals surface area contributed by atoms with Crippen molar-refractivity contribution in [3.63, 3.8) is 0 Å². The second kappa shape index (κ2) is 5.81. The number of ether oxygens (including phenoxy) is 3. The third kappa shape index (κ3) is 2.03. The summed E-state index contributed by atoms with van der Waals surface area (Å²) in [5, 5.41) is 9.26. The Morgan fingerprint density at radius 1 is 1.32 bits per heavy atom. The van der Waals surface area contributed by atoms with E-state index in [1.807, 2.05) is 11.0 Å². The summed E-state index contributed by atoms with van der Waals surface area (Å²) in [4.78, 5) is 29.4. The summed E-state index contributed by atoms with van der Waals surface area (Å²) in [6, 6.07) is 3.99. The number of hydrogen-bond acceptors (Lipinski definition) is 6. The second-order valence-corrected chi connectivity index (χ2v) is 9.65. The summed E-state index contributed by atoms with van der Waals surface area (Å²) in [6.07, 6.45) is 3.21. The molecule has 8 heteroatoms. The molecule has 0 aromatic heterocycles. The van der Waals surface area contributed by atoms with Gasteiger partial charge in [-0.1, -0.05) is 11.6 Å². The lowest BCUT2D eigenvalue weighted by Crippen LogP contribution is -2.69. The van der Waals surface area contributed by atoms with Crippen molar-refractivity contribution >= 4 is 17.7 Å². The number of amides is 1. The smallest absolute Gasteiger partial charge is 0.493 e. The third-order valence-electron chi connectivity index (χ3n) is 8.79. The number of anilines is 1. The molecule has 31 heavy (non-hydrogen) atoms. The van der Waals surface area contributed by atoms with Gasteiger partial charge in [0.15, 0.2) is 11.5 Å². The molecule has 2 bridgehead atoms. The van der Waals surface area contributed by atoms with E-state index in [9.17, 15) is 14.7 Å². The second-order valence-electron chi connectivity index (χ2n) is 9.65. The molecule has 8 nitrogen and oxygen atoms in total.